The topological polar surface area (TPSA) is 35.2 Å². The fraction of sp³-hybridized carbons (Fsp3) is 0.294. The molecule has 0 aliphatic heterocycles. The lowest BCUT2D eigenvalue weighted by molar-refractivity contribution is 0.304. The average Bonchev–Trinajstić information content (AvgIpc) is 2.37. The van der Waals surface area contributed by atoms with Gasteiger partial charge >= 0.3 is 0 Å². The number of hydrogen-bond donors (Lipinski definition) is 1. The highest BCUT2D eigenvalue weighted by Gasteiger charge is 2.04. The quantitative estimate of drug-likeness (QED) is 0.899. The van der Waals surface area contributed by atoms with Crippen LogP contribution in [-0.4, -0.2) is 0 Å². The van der Waals surface area contributed by atoms with Crippen LogP contribution in [0, 0.1) is 13.8 Å². The van der Waals surface area contributed by atoms with Gasteiger partial charge in [0.1, 0.15) is 12.4 Å². The van der Waals surface area contributed by atoms with Crippen LogP contribution >= 0.6 is 0 Å². The van der Waals surface area contributed by atoms with Crippen molar-refractivity contribution in [2.45, 2.75) is 33.4 Å². The molecule has 2 rings (SSSR count). The van der Waals surface area contributed by atoms with Gasteiger partial charge in [-0.05, 0) is 43.5 Å². The molecule has 0 fully saturated rings. The van der Waals surface area contributed by atoms with Gasteiger partial charge in [0.15, 0.2) is 0 Å². The zero-order valence-corrected chi connectivity index (χ0v) is 11.8. The maximum atomic E-state index is 5.87. The molecular weight excluding hydrogens is 234 g/mol. The second-order valence-electron chi connectivity index (χ2n) is 5.09. The zero-order valence-electron chi connectivity index (χ0n) is 11.8. The lowest BCUT2D eigenvalue weighted by atomic mass is 10.1. The predicted octanol–water partition coefficient (Wildman–Crippen LogP) is 3.90. The number of rotatable bonds is 4. The minimum Gasteiger partial charge on any atom is -0.489 e. The number of aryl methyl sites for hydroxylation is 2. The Balaban J connectivity index is 2.07. The van der Waals surface area contributed by atoms with Crippen molar-refractivity contribution in [3.8, 4) is 5.75 Å². The van der Waals surface area contributed by atoms with Gasteiger partial charge in [0, 0.05) is 6.04 Å². The van der Waals surface area contributed by atoms with E-state index < -0.39 is 0 Å². The van der Waals surface area contributed by atoms with Crippen molar-refractivity contribution >= 4 is 0 Å². The van der Waals surface area contributed by atoms with Crippen molar-refractivity contribution < 1.29 is 4.74 Å². The first-order chi connectivity index (χ1) is 9.06. The van der Waals surface area contributed by atoms with Gasteiger partial charge in [-0.15, -0.1) is 0 Å². The third-order valence-electron chi connectivity index (χ3n) is 3.20. The standard InChI is InChI=1S/C17H21NO/c1-12-5-4-6-15(9-12)11-19-17-8-7-16(14(3)18)10-13(17)2/h4-10,14H,11,18H2,1-3H3. The van der Waals surface area contributed by atoms with E-state index in [2.05, 4.69) is 44.2 Å². The SMILES string of the molecule is Cc1cccc(COc2ccc(C(C)N)cc2C)c1. The summed E-state index contributed by atoms with van der Waals surface area (Å²) in [5.74, 6) is 0.922. The summed E-state index contributed by atoms with van der Waals surface area (Å²) in [6, 6.07) is 14.6. The van der Waals surface area contributed by atoms with Gasteiger partial charge in [0.05, 0.1) is 0 Å². The first kappa shape index (κ1) is 13.6. The molecule has 2 heteroatoms. The third kappa shape index (κ3) is 3.58. The van der Waals surface area contributed by atoms with Gasteiger partial charge in [0.2, 0.25) is 0 Å². The van der Waals surface area contributed by atoms with Crippen molar-refractivity contribution in [3.63, 3.8) is 0 Å². The number of ether oxygens (including phenoxy) is 1. The lowest BCUT2D eigenvalue weighted by Crippen LogP contribution is -2.05. The van der Waals surface area contributed by atoms with Crippen LogP contribution in [0.2, 0.25) is 0 Å². The second-order valence-corrected chi connectivity index (χ2v) is 5.09. The zero-order chi connectivity index (χ0) is 13.8. The summed E-state index contributed by atoms with van der Waals surface area (Å²) in [5, 5.41) is 0. The van der Waals surface area contributed by atoms with E-state index in [-0.39, 0.29) is 6.04 Å². The Hall–Kier alpha value is -1.80. The van der Waals surface area contributed by atoms with Crippen molar-refractivity contribution in [3.05, 3.63) is 64.7 Å². The maximum Gasteiger partial charge on any atom is 0.122 e. The van der Waals surface area contributed by atoms with Crippen molar-refractivity contribution in [2.24, 2.45) is 5.73 Å². The van der Waals surface area contributed by atoms with Crippen LogP contribution in [0.1, 0.15) is 35.2 Å². The van der Waals surface area contributed by atoms with Crippen LogP contribution in [0.3, 0.4) is 0 Å². The minimum atomic E-state index is 0.0597. The summed E-state index contributed by atoms with van der Waals surface area (Å²) >= 11 is 0. The summed E-state index contributed by atoms with van der Waals surface area (Å²) in [6.45, 7) is 6.73. The fourth-order valence-corrected chi connectivity index (χ4v) is 2.08. The van der Waals surface area contributed by atoms with E-state index in [1.54, 1.807) is 0 Å². The second kappa shape index (κ2) is 5.89. The summed E-state index contributed by atoms with van der Waals surface area (Å²) < 4.78 is 5.87. The van der Waals surface area contributed by atoms with Crippen LogP contribution < -0.4 is 10.5 Å². The largest absolute Gasteiger partial charge is 0.489 e. The molecule has 2 aromatic rings. The molecule has 0 aromatic heterocycles. The monoisotopic (exact) mass is 255 g/mol. The van der Waals surface area contributed by atoms with E-state index in [9.17, 15) is 0 Å². The van der Waals surface area contributed by atoms with Crippen molar-refractivity contribution in [2.75, 3.05) is 0 Å². The highest BCUT2D eigenvalue weighted by Crippen LogP contribution is 2.22. The Morgan fingerprint density at radius 3 is 2.53 bits per heavy atom. The molecule has 0 amide bonds. The van der Waals surface area contributed by atoms with Gasteiger partial charge in [-0.3, -0.25) is 0 Å². The molecule has 0 aliphatic carbocycles. The summed E-state index contributed by atoms with van der Waals surface area (Å²) in [7, 11) is 0. The van der Waals surface area contributed by atoms with Gasteiger partial charge in [0.25, 0.3) is 0 Å². The first-order valence-electron chi connectivity index (χ1n) is 6.61. The molecule has 0 saturated carbocycles. The molecule has 2 N–H and O–H groups in total. The third-order valence-corrected chi connectivity index (χ3v) is 3.20. The predicted molar refractivity (Wildman–Crippen MR) is 79.3 cm³/mol. The Kier molecular flexibility index (Phi) is 4.23. The molecule has 2 nitrogen and oxygen atoms in total. The molecule has 0 heterocycles. The summed E-state index contributed by atoms with van der Waals surface area (Å²) in [5.41, 5.74) is 10.6. The van der Waals surface area contributed by atoms with Crippen LogP contribution in [0.5, 0.6) is 5.75 Å². The minimum absolute atomic E-state index is 0.0597. The van der Waals surface area contributed by atoms with Crippen LogP contribution in [0.15, 0.2) is 42.5 Å². The molecule has 19 heavy (non-hydrogen) atoms. The Morgan fingerprint density at radius 1 is 1.11 bits per heavy atom. The number of nitrogens with two attached hydrogens (primary N) is 1. The van der Waals surface area contributed by atoms with E-state index in [1.807, 2.05) is 19.1 Å². The molecular formula is C17H21NO. The van der Waals surface area contributed by atoms with E-state index >= 15 is 0 Å². The average molecular weight is 255 g/mol. The summed E-state index contributed by atoms with van der Waals surface area (Å²) in [6.07, 6.45) is 0. The lowest BCUT2D eigenvalue weighted by Gasteiger charge is -2.12. The highest BCUT2D eigenvalue weighted by atomic mass is 16.5. The normalized spacial score (nSPS) is 12.2. The highest BCUT2D eigenvalue weighted by molar-refractivity contribution is 5.37. The van der Waals surface area contributed by atoms with E-state index in [1.165, 1.54) is 11.1 Å². The Bertz CT molecular complexity index is 561. The van der Waals surface area contributed by atoms with E-state index in [0.29, 0.717) is 6.61 Å². The molecule has 2 aromatic carbocycles. The van der Waals surface area contributed by atoms with Gasteiger partial charge in [-0.2, -0.15) is 0 Å². The van der Waals surface area contributed by atoms with Crippen LogP contribution in [-0.2, 0) is 6.61 Å². The van der Waals surface area contributed by atoms with E-state index in [0.717, 1.165) is 16.9 Å². The number of benzene rings is 2. The summed E-state index contributed by atoms with van der Waals surface area (Å²) in [4.78, 5) is 0. The molecule has 1 atom stereocenters. The molecule has 0 radical (unpaired) electrons. The molecule has 0 bridgehead atoms. The van der Waals surface area contributed by atoms with Crippen LogP contribution in [0.25, 0.3) is 0 Å². The Labute approximate surface area is 115 Å². The smallest absolute Gasteiger partial charge is 0.122 e. The van der Waals surface area contributed by atoms with Gasteiger partial charge in [-0.25, -0.2) is 0 Å². The maximum absolute atomic E-state index is 5.87. The van der Waals surface area contributed by atoms with Gasteiger partial charge < -0.3 is 10.5 Å². The fourth-order valence-electron chi connectivity index (χ4n) is 2.08. The number of hydrogen-bond acceptors (Lipinski definition) is 2. The Morgan fingerprint density at radius 2 is 1.89 bits per heavy atom. The molecule has 100 valence electrons. The molecule has 0 spiro atoms. The molecule has 0 aliphatic rings. The van der Waals surface area contributed by atoms with Crippen molar-refractivity contribution in [1.82, 2.24) is 0 Å². The van der Waals surface area contributed by atoms with Crippen LogP contribution in [0.4, 0.5) is 0 Å². The van der Waals surface area contributed by atoms with Crippen molar-refractivity contribution in [1.29, 1.82) is 0 Å². The molecule has 0 saturated heterocycles. The first-order valence-corrected chi connectivity index (χ1v) is 6.61. The van der Waals surface area contributed by atoms with E-state index in [4.69, 9.17) is 10.5 Å². The molecule has 1 unspecified atom stereocenters. The van der Waals surface area contributed by atoms with Gasteiger partial charge in [-0.1, -0.05) is 42.0 Å².